The zero-order valence-electron chi connectivity index (χ0n) is 15.8. The summed E-state index contributed by atoms with van der Waals surface area (Å²) >= 11 is 0. The monoisotopic (exact) mass is 409 g/mol. The lowest BCUT2D eigenvalue weighted by Crippen LogP contribution is -2.51. The lowest BCUT2D eigenvalue weighted by molar-refractivity contribution is -0.286. The third-order valence-electron chi connectivity index (χ3n) is 5.71. The van der Waals surface area contributed by atoms with Crippen LogP contribution in [-0.4, -0.2) is 41.1 Å². The van der Waals surface area contributed by atoms with Crippen molar-refractivity contribution < 1.29 is 32.6 Å². The zero-order chi connectivity index (χ0) is 20.8. The van der Waals surface area contributed by atoms with Crippen LogP contribution in [0.1, 0.15) is 39.0 Å². The number of imide groups is 1. The van der Waals surface area contributed by atoms with E-state index in [0.717, 1.165) is 37.0 Å². The van der Waals surface area contributed by atoms with Crippen molar-refractivity contribution in [2.75, 3.05) is 11.9 Å². The van der Waals surface area contributed by atoms with Gasteiger partial charge in [0.2, 0.25) is 5.91 Å². The SMILES string of the molecule is C[C@@]1(C2CCCCC2)NC(=O)N(CC(=O)Nc2ccc3c(c2)OC(F)(F)O3)C1=O. The van der Waals surface area contributed by atoms with Gasteiger partial charge in [0.25, 0.3) is 5.91 Å². The lowest BCUT2D eigenvalue weighted by atomic mass is 9.75. The number of nitrogens with zero attached hydrogens (tertiary/aromatic N) is 1. The highest BCUT2D eigenvalue weighted by atomic mass is 19.3. The highest BCUT2D eigenvalue weighted by Crippen LogP contribution is 2.42. The smallest absolute Gasteiger partial charge is 0.395 e. The van der Waals surface area contributed by atoms with Crippen LogP contribution in [0.15, 0.2) is 18.2 Å². The van der Waals surface area contributed by atoms with Gasteiger partial charge in [-0.1, -0.05) is 19.3 Å². The highest BCUT2D eigenvalue weighted by Gasteiger charge is 2.52. The Morgan fingerprint density at radius 1 is 1.21 bits per heavy atom. The summed E-state index contributed by atoms with van der Waals surface area (Å²) in [4.78, 5) is 38.5. The van der Waals surface area contributed by atoms with Gasteiger partial charge in [0.05, 0.1) is 0 Å². The van der Waals surface area contributed by atoms with Crippen molar-refractivity contribution in [3.8, 4) is 11.5 Å². The number of amides is 4. The van der Waals surface area contributed by atoms with Crippen molar-refractivity contribution in [1.82, 2.24) is 10.2 Å². The van der Waals surface area contributed by atoms with Crippen molar-refractivity contribution in [2.45, 2.75) is 50.9 Å². The second-order valence-electron chi connectivity index (χ2n) is 7.74. The zero-order valence-corrected chi connectivity index (χ0v) is 15.8. The molecule has 1 saturated carbocycles. The van der Waals surface area contributed by atoms with Crippen molar-refractivity contribution in [2.24, 2.45) is 5.92 Å². The maximum absolute atomic E-state index is 13.1. The second kappa shape index (κ2) is 6.85. The number of alkyl halides is 2. The van der Waals surface area contributed by atoms with Gasteiger partial charge in [0.1, 0.15) is 12.1 Å². The van der Waals surface area contributed by atoms with Gasteiger partial charge in [0, 0.05) is 11.8 Å². The van der Waals surface area contributed by atoms with Gasteiger partial charge in [-0.25, -0.2) is 4.79 Å². The summed E-state index contributed by atoms with van der Waals surface area (Å²) in [5.41, 5.74) is -0.834. The van der Waals surface area contributed by atoms with E-state index >= 15 is 0 Å². The van der Waals surface area contributed by atoms with Gasteiger partial charge in [-0.2, -0.15) is 0 Å². The molecule has 2 heterocycles. The molecule has 4 amide bonds. The Balaban J connectivity index is 1.41. The van der Waals surface area contributed by atoms with E-state index in [-0.39, 0.29) is 23.1 Å². The number of urea groups is 1. The molecule has 0 unspecified atom stereocenters. The van der Waals surface area contributed by atoms with Gasteiger partial charge >= 0.3 is 12.3 Å². The van der Waals surface area contributed by atoms with E-state index in [2.05, 4.69) is 20.1 Å². The number of carbonyl (C=O) groups is 3. The average Bonchev–Trinajstić information content (AvgIpc) is 3.09. The Labute approximate surface area is 165 Å². The molecule has 0 bridgehead atoms. The summed E-state index contributed by atoms with van der Waals surface area (Å²) in [6.07, 6.45) is 1.08. The fraction of sp³-hybridized carbons (Fsp3) is 0.526. The molecule has 4 rings (SSSR count). The first kappa shape index (κ1) is 19.4. The van der Waals surface area contributed by atoms with Crippen molar-refractivity contribution in [3.63, 3.8) is 0 Å². The van der Waals surface area contributed by atoms with Crippen LogP contribution in [0, 0.1) is 5.92 Å². The molecule has 0 radical (unpaired) electrons. The number of nitrogens with one attached hydrogen (secondary N) is 2. The van der Waals surface area contributed by atoms with Crippen LogP contribution in [0.2, 0.25) is 0 Å². The van der Waals surface area contributed by atoms with Crippen molar-refractivity contribution in [1.29, 1.82) is 0 Å². The van der Waals surface area contributed by atoms with Crippen LogP contribution in [0.4, 0.5) is 19.3 Å². The Kier molecular flexibility index (Phi) is 4.59. The number of fused-ring (bicyclic) bond motifs is 1. The first-order valence-electron chi connectivity index (χ1n) is 9.52. The molecule has 10 heteroatoms. The van der Waals surface area contributed by atoms with Crippen molar-refractivity contribution in [3.05, 3.63) is 18.2 Å². The van der Waals surface area contributed by atoms with Gasteiger partial charge in [0.15, 0.2) is 11.5 Å². The molecule has 2 N–H and O–H groups in total. The summed E-state index contributed by atoms with van der Waals surface area (Å²) in [5, 5.41) is 5.23. The number of halogens is 2. The van der Waals surface area contributed by atoms with Crippen LogP contribution < -0.4 is 20.1 Å². The molecule has 2 fully saturated rings. The predicted octanol–water partition coefficient (Wildman–Crippen LogP) is 2.84. The summed E-state index contributed by atoms with van der Waals surface area (Å²) < 4.78 is 34.8. The summed E-state index contributed by atoms with van der Waals surface area (Å²) in [6, 6.07) is 3.18. The van der Waals surface area contributed by atoms with E-state index in [0.29, 0.717) is 0 Å². The van der Waals surface area contributed by atoms with E-state index in [1.54, 1.807) is 6.92 Å². The van der Waals surface area contributed by atoms with Crippen LogP contribution in [-0.2, 0) is 9.59 Å². The van der Waals surface area contributed by atoms with E-state index in [1.165, 1.54) is 18.2 Å². The molecular weight excluding hydrogens is 388 g/mol. The van der Waals surface area contributed by atoms with Crippen LogP contribution >= 0.6 is 0 Å². The molecule has 1 aliphatic carbocycles. The number of rotatable bonds is 4. The minimum Gasteiger partial charge on any atom is -0.395 e. The number of carbonyl (C=O) groups excluding carboxylic acids is 3. The number of anilines is 1. The fourth-order valence-electron chi connectivity index (χ4n) is 4.19. The predicted molar refractivity (Wildman–Crippen MR) is 96.5 cm³/mol. The first-order valence-corrected chi connectivity index (χ1v) is 9.52. The standard InChI is InChI=1S/C19H21F2N3O5/c1-18(11-5-3-2-4-6-11)16(26)24(17(27)23-18)10-15(25)22-12-7-8-13-14(9-12)29-19(20,21)28-13/h7-9,11H,2-6,10H2,1H3,(H,22,25)(H,23,27)/t18-/m0/s1. The third-order valence-corrected chi connectivity index (χ3v) is 5.71. The summed E-state index contributed by atoms with van der Waals surface area (Å²) in [6.45, 7) is 1.23. The Hall–Kier alpha value is -2.91. The minimum atomic E-state index is -3.76. The molecule has 2 aliphatic heterocycles. The molecule has 0 aromatic heterocycles. The maximum Gasteiger partial charge on any atom is 0.586 e. The van der Waals surface area contributed by atoms with E-state index in [9.17, 15) is 23.2 Å². The topological polar surface area (TPSA) is 97.0 Å². The molecule has 0 spiro atoms. The van der Waals surface area contributed by atoms with Gasteiger partial charge in [-0.05, 0) is 37.8 Å². The van der Waals surface area contributed by atoms with E-state index in [1.807, 2.05) is 0 Å². The molecular formula is C19H21F2N3O5. The molecule has 156 valence electrons. The van der Waals surface area contributed by atoms with Gasteiger partial charge < -0.3 is 20.1 Å². The van der Waals surface area contributed by atoms with E-state index < -0.39 is 36.2 Å². The largest absolute Gasteiger partial charge is 0.586 e. The molecule has 8 nitrogen and oxygen atoms in total. The number of hydrogen-bond donors (Lipinski definition) is 2. The number of ether oxygens (including phenoxy) is 2. The molecule has 3 aliphatic rings. The molecule has 1 atom stereocenters. The molecule has 1 saturated heterocycles. The normalized spacial score (nSPS) is 25.8. The minimum absolute atomic E-state index is 0.0382. The molecule has 1 aromatic rings. The molecule has 29 heavy (non-hydrogen) atoms. The van der Waals surface area contributed by atoms with E-state index in [4.69, 9.17) is 0 Å². The van der Waals surface area contributed by atoms with Crippen LogP contribution in [0.3, 0.4) is 0 Å². The summed E-state index contributed by atoms with van der Waals surface area (Å²) in [5.74, 6) is -1.38. The number of benzene rings is 1. The molecule has 1 aromatic carbocycles. The quantitative estimate of drug-likeness (QED) is 0.746. The van der Waals surface area contributed by atoms with Crippen LogP contribution in [0.25, 0.3) is 0 Å². The van der Waals surface area contributed by atoms with Gasteiger partial charge in [-0.15, -0.1) is 8.78 Å². The number of hydrogen-bond acceptors (Lipinski definition) is 5. The van der Waals surface area contributed by atoms with Crippen LogP contribution in [0.5, 0.6) is 11.5 Å². The third kappa shape index (κ3) is 3.58. The Morgan fingerprint density at radius 3 is 2.62 bits per heavy atom. The van der Waals surface area contributed by atoms with Gasteiger partial charge in [-0.3, -0.25) is 14.5 Å². The highest BCUT2D eigenvalue weighted by molar-refractivity contribution is 6.10. The lowest BCUT2D eigenvalue weighted by Gasteiger charge is -2.34. The fourth-order valence-corrected chi connectivity index (χ4v) is 4.19. The first-order chi connectivity index (χ1) is 13.7. The second-order valence-corrected chi connectivity index (χ2v) is 7.74. The van der Waals surface area contributed by atoms with Crippen molar-refractivity contribution >= 4 is 23.5 Å². The average molecular weight is 409 g/mol. The maximum atomic E-state index is 13.1. The Bertz CT molecular complexity index is 871. The Morgan fingerprint density at radius 2 is 1.90 bits per heavy atom. The summed E-state index contributed by atoms with van der Waals surface area (Å²) in [7, 11) is 0.